The molecule has 0 aliphatic rings. The summed E-state index contributed by atoms with van der Waals surface area (Å²) in [5, 5.41) is 14.1. The fourth-order valence-corrected chi connectivity index (χ4v) is 1.86. The number of rotatable bonds is 5. The molecule has 0 aliphatic heterocycles. The molecule has 0 saturated heterocycles. The number of benzene rings is 1. The monoisotopic (exact) mass is 267 g/mol. The van der Waals surface area contributed by atoms with Gasteiger partial charge in [-0.05, 0) is 22.6 Å². The van der Waals surface area contributed by atoms with Crippen LogP contribution in [0.25, 0.3) is 5.69 Å². The molecular weight excluding hydrogens is 254 g/mol. The minimum atomic E-state index is -3.00. The number of tetrazole rings is 1. The Morgan fingerprint density at radius 2 is 2.00 bits per heavy atom. The average Bonchev–Trinajstić information content (AvgIpc) is 2.77. The first-order valence-electron chi connectivity index (χ1n) is 5.32. The van der Waals surface area contributed by atoms with Gasteiger partial charge in [-0.2, -0.15) is 4.68 Å². The fourth-order valence-electron chi connectivity index (χ4n) is 1.39. The van der Waals surface area contributed by atoms with Crippen LogP contribution in [0.2, 0.25) is 0 Å². The first-order valence-corrected chi connectivity index (χ1v) is 7.38. The van der Waals surface area contributed by atoms with Gasteiger partial charge in [0.05, 0.1) is 11.4 Å². The van der Waals surface area contributed by atoms with Gasteiger partial charge in [0.25, 0.3) is 0 Å². The lowest BCUT2D eigenvalue weighted by Crippen LogP contribution is -2.16. The number of aromatic nitrogens is 4. The summed E-state index contributed by atoms with van der Waals surface area (Å²) >= 11 is 0. The van der Waals surface area contributed by atoms with Crippen LogP contribution in [0.3, 0.4) is 0 Å². The lowest BCUT2D eigenvalue weighted by atomic mass is 10.3. The molecule has 1 aromatic carbocycles. The van der Waals surface area contributed by atoms with Gasteiger partial charge in [-0.25, -0.2) is 8.42 Å². The van der Waals surface area contributed by atoms with E-state index < -0.39 is 9.84 Å². The van der Waals surface area contributed by atoms with Crippen molar-refractivity contribution in [3.8, 4) is 5.69 Å². The van der Waals surface area contributed by atoms with Crippen LogP contribution in [0.1, 0.15) is 0 Å². The molecular formula is C10H13N5O2S. The number of sulfone groups is 1. The first-order chi connectivity index (χ1) is 8.56. The number of hydrogen-bond donors (Lipinski definition) is 1. The maximum absolute atomic E-state index is 11.0. The predicted octanol–water partition coefficient (Wildman–Crippen LogP) is 0.119. The van der Waals surface area contributed by atoms with Crippen molar-refractivity contribution in [3.63, 3.8) is 0 Å². The van der Waals surface area contributed by atoms with Crippen LogP contribution in [-0.4, -0.2) is 47.2 Å². The highest BCUT2D eigenvalue weighted by Gasteiger charge is 2.08. The van der Waals surface area contributed by atoms with E-state index in [-0.39, 0.29) is 12.3 Å². The second-order valence-electron chi connectivity index (χ2n) is 3.81. The minimum Gasteiger partial charge on any atom is -0.352 e. The molecule has 0 spiro atoms. The van der Waals surface area contributed by atoms with Gasteiger partial charge in [0.1, 0.15) is 9.84 Å². The van der Waals surface area contributed by atoms with Crippen molar-refractivity contribution in [1.29, 1.82) is 0 Å². The van der Waals surface area contributed by atoms with Crippen molar-refractivity contribution in [2.24, 2.45) is 0 Å². The normalized spacial score (nSPS) is 11.4. The maximum atomic E-state index is 11.0. The zero-order valence-electron chi connectivity index (χ0n) is 9.81. The molecule has 18 heavy (non-hydrogen) atoms. The number of nitrogens with zero attached hydrogens (tertiary/aromatic N) is 4. The zero-order valence-corrected chi connectivity index (χ0v) is 10.6. The third kappa shape index (κ3) is 3.27. The molecule has 0 saturated carbocycles. The van der Waals surface area contributed by atoms with Crippen molar-refractivity contribution in [1.82, 2.24) is 20.2 Å². The van der Waals surface area contributed by atoms with Gasteiger partial charge in [0.2, 0.25) is 5.95 Å². The molecule has 8 heteroatoms. The van der Waals surface area contributed by atoms with E-state index in [1.54, 1.807) is 0 Å². The van der Waals surface area contributed by atoms with Crippen LogP contribution < -0.4 is 5.32 Å². The average molecular weight is 267 g/mol. The number of para-hydroxylation sites is 1. The second kappa shape index (κ2) is 5.13. The summed E-state index contributed by atoms with van der Waals surface area (Å²) in [5.74, 6) is 0.458. The lowest BCUT2D eigenvalue weighted by molar-refractivity contribution is 0.602. The summed E-state index contributed by atoms with van der Waals surface area (Å²) in [6.07, 6.45) is 1.19. The molecule has 1 aromatic heterocycles. The summed E-state index contributed by atoms with van der Waals surface area (Å²) in [6, 6.07) is 9.36. The van der Waals surface area contributed by atoms with Gasteiger partial charge in [-0.1, -0.05) is 23.3 Å². The third-order valence-corrected chi connectivity index (χ3v) is 3.17. The van der Waals surface area contributed by atoms with Gasteiger partial charge in [0, 0.05) is 12.8 Å². The summed E-state index contributed by atoms with van der Waals surface area (Å²) in [6.45, 7) is 0.270. The molecule has 0 atom stereocenters. The van der Waals surface area contributed by atoms with Crippen molar-refractivity contribution in [2.75, 3.05) is 23.9 Å². The Labute approximate surface area is 105 Å². The fraction of sp³-hybridized carbons (Fsp3) is 0.300. The van der Waals surface area contributed by atoms with E-state index in [0.29, 0.717) is 5.95 Å². The Hall–Kier alpha value is -1.96. The topological polar surface area (TPSA) is 89.8 Å². The molecule has 1 N–H and O–H groups in total. The Morgan fingerprint density at radius 1 is 1.28 bits per heavy atom. The van der Waals surface area contributed by atoms with E-state index in [9.17, 15) is 8.42 Å². The Bertz CT molecular complexity index is 608. The highest BCUT2D eigenvalue weighted by Crippen LogP contribution is 2.09. The van der Waals surface area contributed by atoms with Gasteiger partial charge >= 0.3 is 0 Å². The Morgan fingerprint density at radius 3 is 2.67 bits per heavy atom. The van der Waals surface area contributed by atoms with Gasteiger partial charge in [-0.3, -0.25) is 0 Å². The van der Waals surface area contributed by atoms with E-state index in [4.69, 9.17) is 0 Å². The van der Waals surface area contributed by atoms with E-state index >= 15 is 0 Å². The molecule has 0 radical (unpaired) electrons. The molecule has 0 bridgehead atoms. The molecule has 0 unspecified atom stereocenters. The summed E-state index contributed by atoms with van der Waals surface area (Å²) < 4.78 is 23.5. The number of hydrogen-bond acceptors (Lipinski definition) is 6. The summed E-state index contributed by atoms with van der Waals surface area (Å²) in [7, 11) is -3.00. The summed E-state index contributed by atoms with van der Waals surface area (Å²) in [4.78, 5) is 0. The molecule has 1 heterocycles. The van der Waals surface area contributed by atoms with E-state index in [1.165, 1.54) is 10.9 Å². The SMILES string of the molecule is CS(=O)(=O)CCNc1nnnn1-c1ccccc1. The smallest absolute Gasteiger partial charge is 0.247 e. The van der Waals surface area contributed by atoms with Crippen LogP contribution in [-0.2, 0) is 9.84 Å². The largest absolute Gasteiger partial charge is 0.352 e. The van der Waals surface area contributed by atoms with Gasteiger partial charge < -0.3 is 5.32 Å². The quantitative estimate of drug-likeness (QED) is 0.827. The Kier molecular flexibility index (Phi) is 3.56. The summed E-state index contributed by atoms with van der Waals surface area (Å²) in [5.41, 5.74) is 0.810. The van der Waals surface area contributed by atoms with Crippen molar-refractivity contribution >= 4 is 15.8 Å². The highest BCUT2D eigenvalue weighted by atomic mass is 32.2. The van der Waals surface area contributed by atoms with Gasteiger partial charge in [0.15, 0.2) is 0 Å². The first kappa shape index (κ1) is 12.5. The van der Waals surface area contributed by atoms with Gasteiger partial charge in [-0.15, -0.1) is 0 Å². The standard InChI is InChI=1S/C10H13N5O2S/c1-18(16,17)8-7-11-10-12-13-14-15(10)9-5-3-2-4-6-9/h2-6H,7-8H2,1H3,(H,11,12,14). The van der Waals surface area contributed by atoms with Crippen LogP contribution >= 0.6 is 0 Å². The molecule has 0 amide bonds. The number of anilines is 1. The zero-order chi connectivity index (χ0) is 13.0. The number of nitrogens with one attached hydrogen (secondary N) is 1. The third-order valence-electron chi connectivity index (χ3n) is 2.23. The van der Waals surface area contributed by atoms with Crippen molar-refractivity contribution < 1.29 is 8.42 Å². The minimum absolute atomic E-state index is 0.0364. The molecule has 0 aliphatic carbocycles. The predicted molar refractivity (Wildman–Crippen MR) is 67.4 cm³/mol. The molecule has 2 rings (SSSR count). The maximum Gasteiger partial charge on any atom is 0.247 e. The Balaban J connectivity index is 2.09. The van der Waals surface area contributed by atoms with Crippen molar-refractivity contribution in [3.05, 3.63) is 30.3 Å². The van der Waals surface area contributed by atoms with Crippen LogP contribution in [0.5, 0.6) is 0 Å². The van der Waals surface area contributed by atoms with Crippen LogP contribution in [0.4, 0.5) is 5.95 Å². The lowest BCUT2D eigenvalue weighted by Gasteiger charge is -2.05. The van der Waals surface area contributed by atoms with E-state index in [2.05, 4.69) is 20.8 Å². The molecule has 7 nitrogen and oxygen atoms in total. The van der Waals surface area contributed by atoms with Crippen LogP contribution in [0.15, 0.2) is 30.3 Å². The molecule has 2 aromatic rings. The second-order valence-corrected chi connectivity index (χ2v) is 6.07. The molecule has 0 fully saturated rings. The highest BCUT2D eigenvalue weighted by molar-refractivity contribution is 7.90. The van der Waals surface area contributed by atoms with E-state index in [1.807, 2.05) is 30.3 Å². The van der Waals surface area contributed by atoms with Crippen LogP contribution in [0, 0.1) is 0 Å². The van der Waals surface area contributed by atoms with E-state index in [0.717, 1.165) is 5.69 Å². The van der Waals surface area contributed by atoms with Crippen molar-refractivity contribution in [2.45, 2.75) is 0 Å². The molecule has 96 valence electrons.